The molecule has 0 spiro atoms. The van der Waals surface area contributed by atoms with Gasteiger partial charge in [0.05, 0.1) is 11.0 Å². The van der Waals surface area contributed by atoms with Gasteiger partial charge in [-0.3, -0.25) is 0 Å². The topological polar surface area (TPSA) is 43.8 Å². The molecule has 0 bridgehead atoms. The second-order valence-corrected chi connectivity index (χ2v) is 6.38. The van der Waals surface area contributed by atoms with Gasteiger partial charge < -0.3 is 10.3 Å². The largest absolute Gasteiger partial charge is 0.399 e. The molecule has 0 aliphatic heterocycles. The molecule has 1 aromatic heterocycles. The van der Waals surface area contributed by atoms with Crippen LogP contribution in [0.2, 0.25) is 0 Å². The Morgan fingerprint density at radius 3 is 2.50 bits per heavy atom. The fourth-order valence-electron chi connectivity index (χ4n) is 2.71. The minimum Gasteiger partial charge on any atom is -0.399 e. The number of nitrogens with zero attached hydrogens (tertiary/aromatic N) is 2. The highest BCUT2D eigenvalue weighted by Gasteiger charge is 2.13. The van der Waals surface area contributed by atoms with Gasteiger partial charge >= 0.3 is 0 Å². The van der Waals surface area contributed by atoms with Crippen LogP contribution < -0.4 is 5.73 Å². The molecule has 3 aromatic rings. The molecule has 0 radical (unpaired) electrons. The molecule has 0 saturated carbocycles. The fraction of sp³-hybridized carbons (Fsp3) is 0.316. The Morgan fingerprint density at radius 2 is 1.82 bits per heavy atom. The minimum absolute atomic E-state index is 0.669. The highest BCUT2D eigenvalue weighted by atomic mass is 15.1. The molecule has 0 unspecified atom stereocenters. The van der Waals surface area contributed by atoms with Gasteiger partial charge in [-0.2, -0.15) is 0 Å². The van der Waals surface area contributed by atoms with Gasteiger partial charge in [-0.15, -0.1) is 0 Å². The lowest BCUT2D eigenvalue weighted by atomic mass is 10.1. The molecule has 22 heavy (non-hydrogen) atoms. The summed E-state index contributed by atoms with van der Waals surface area (Å²) in [6.45, 7) is 7.60. The molecular weight excluding hydrogens is 270 g/mol. The van der Waals surface area contributed by atoms with Gasteiger partial charge in [0.1, 0.15) is 5.82 Å². The highest BCUT2D eigenvalue weighted by Crippen LogP contribution is 2.27. The van der Waals surface area contributed by atoms with Crippen LogP contribution in [0.3, 0.4) is 0 Å². The van der Waals surface area contributed by atoms with E-state index in [1.807, 2.05) is 12.1 Å². The van der Waals surface area contributed by atoms with E-state index in [2.05, 4.69) is 55.7 Å². The number of hydrogen-bond acceptors (Lipinski definition) is 2. The van der Waals surface area contributed by atoms with E-state index in [9.17, 15) is 0 Å². The van der Waals surface area contributed by atoms with E-state index in [0.717, 1.165) is 35.6 Å². The molecule has 114 valence electrons. The molecule has 3 rings (SSSR count). The molecule has 0 amide bonds. The summed E-state index contributed by atoms with van der Waals surface area (Å²) >= 11 is 0. The lowest BCUT2D eigenvalue weighted by Gasteiger charge is -2.11. The van der Waals surface area contributed by atoms with Gasteiger partial charge in [0.15, 0.2) is 0 Å². The first kappa shape index (κ1) is 14.6. The molecule has 0 saturated heterocycles. The fourth-order valence-corrected chi connectivity index (χ4v) is 2.71. The summed E-state index contributed by atoms with van der Waals surface area (Å²) in [5.74, 6) is 1.70. The van der Waals surface area contributed by atoms with Crippen LogP contribution in [0.1, 0.15) is 25.8 Å². The van der Waals surface area contributed by atoms with Gasteiger partial charge in [-0.1, -0.05) is 19.9 Å². The molecule has 0 fully saturated rings. The Balaban J connectivity index is 2.14. The molecule has 0 atom stereocenters. The zero-order chi connectivity index (χ0) is 15.7. The smallest absolute Gasteiger partial charge is 0.141 e. The van der Waals surface area contributed by atoms with E-state index in [-0.39, 0.29) is 0 Å². The summed E-state index contributed by atoms with van der Waals surface area (Å²) in [6, 6.07) is 14.5. The van der Waals surface area contributed by atoms with Crippen molar-refractivity contribution in [1.82, 2.24) is 9.55 Å². The van der Waals surface area contributed by atoms with Crippen LogP contribution in [0.4, 0.5) is 5.69 Å². The van der Waals surface area contributed by atoms with Crippen LogP contribution in [0.5, 0.6) is 0 Å². The first-order valence-electron chi connectivity index (χ1n) is 7.87. The molecule has 0 aliphatic carbocycles. The van der Waals surface area contributed by atoms with E-state index in [4.69, 9.17) is 10.7 Å². The number of rotatable bonds is 4. The number of fused-ring (bicyclic) bond motifs is 1. The van der Waals surface area contributed by atoms with E-state index >= 15 is 0 Å². The standard InChI is InChI=1S/C19H23N3/c1-13(2)10-11-22-18-9-4-14(3)12-17(18)21-19(22)15-5-7-16(20)8-6-15/h4-9,12-13H,10-11,20H2,1-3H3. The number of aromatic nitrogens is 2. The zero-order valence-electron chi connectivity index (χ0n) is 13.5. The Labute approximate surface area is 131 Å². The van der Waals surface area contributed by atoms with Crippen LogP contribution in [-0.4, -0.2) is 9.55 Å². The van der Waals surface area contributed by atoms with Crippen molar-refractivity contribution in [2.75, 3.05) is 5.73 Å². The SMILES string of the molecule is Cc1ccc2c(c1)nc(-c1ccc(N)cc1)n2CCC(C)C. The summed E-state index contributed by atoms with van der Waals surface area (Å²) in [6.07, 6.45) is 1.14. The predicted molar refractivity (Wildman–Crippen MR) is 93.8 cm³/mol. The van der Waals surface area contributed by atoms with Crippen LogP contribution in [0.15, 0.2) is 42.5 Å². The Morgan fingerprint density at radius 1 is 1.09 bits per heavy atom. The normalized spacial score (nSPS) is 11.5. The second-order valence-electron chi connectivity index (χ2n) is 6.38. The summed E-state index contributed by atoms with van der Waals surface area (Å²) in [5, 5.41) is 0. The average molecular weight is 293 g/mol. The number of imidazole rings is 1. The van der Waals surface area contributed by atoms with Crippen molar-refractivity contribution >= 4 is 16.7 Å². The zero-order valence-corrected chi connectivity index (χ0v) is 13.5. The van der Waals surface area contributed by atoms with E-state index < -0.39 is 0 Å². The van der Waals surface area contributed by atoms with Crippen molar-refractivity contribution in [1.29, 1.82) is 0 Å². The maximum atomic E-state index is 5.81. The van der Waals surface area contributed by atoms with E-state index in [1.165, 1.54) is 11.1 Å². The maximum Gasteiger partial charge on any atom is 0.141 e. The summed E-state index contributed by atoms with van der Waals surface area (Å²) in [7, 11) is 0. The molecule has 2 N–H and O–H groups in total. The summed E-state index contributed by atoms with van der Waals surface area (Å²) in [4.78, 5) is 4.87. The first-order valence-corrected chi connectivity index (χ1v) is 7.87. The first-order chi connectivity index (χ1) is 10.5. The molecule has 0 aliphatic rings. The lowest BCUT2D eigenvalue weighted by Crippen LogP contribution is -2.03. The maximum absolute atomic E-state index is 5.81. The van der Waals surface area contributed by atoms with Gasteiger partial charge in [-0.25, -0.2) is 4.98 Å². The second kappa shape index (κ2) is 5.84. The number of hydrogen-bond donors (Lipinski definition) is 1. The van der Waals surface area contributed by atoms with Gasteiger partial charge in [0.2, 0.25) is 0 Å². The predicted octanol–water partition coefficient (Wildman–Crippen LogP) is 4.64. The van der Waals surface area contributed by atoms with Crippen molar-refractivity contribution < 1.29 is 0 Å². The van der Waals surface area contributed by atoms with Crippen molar-refractivity contribution in [2.45, 2.75) is 33.7 Å². The third kappa shape index (κ3) is 2.84. The van der Waals surface area contributed by atoms with Gasteiger partial charge in [-0.05, 0) is 61.2 Å². The number of benzene rings is 2. The average Bonchev–Trinajstić information content (AvgIpc) is 2.83. The molecular formula is C19H23N3. The van der Waals surface area contributed by atoms with Crippen molar-refractivity contribution in [3.05, 3.63) is 48.0 Å². The van der Waals surface area contributed by atoms with Crippen molar-refractivity contribution in [2.24, 2.45) is 5.92 Å². The van der Waals surface area contributed by atoms with Crippen LogP contribution in [0.25, 0.3) is 22.4 Å². The van der Waals surface area contributed by atoms with Crippen molar-refractivity contribution in [3.63, 3.8) is 0 Å². The van der Waals surface area contributed by atoms with Crippen LogP contribution >= 0.6 is 0 Å². The number of aryl methyl sites for hydroxylation is 2. The van der Waals surface area contributed by atoms with E-state index in [0.29, 0.717) is 5.92 Å². The van der Waals surface area contributed by atoms with Gasteiger partial charge in [0, 0.05) is 17.8 Å². The summed E-state index contributed by atoms with van der Waals surface area (Å²) < 4.78 is 2.33. The third-order valence-corrected chi connectivity index (χ3v) is 4.00. The third-order valence-electron chi connectivity index (χ3n) is 4.00. The van der Waals surface area contributed by atoms with Crippen LogP contribution in [0, 0.1) is 12.8 Å². The monoisotopic (exact) mass is 293 g/mol. The quantitative estimate of drug-likeness (QED) is 0.712. The molecule has 2 aromatic carbocycles. The minimum atomic E-state index is 0.669. The Kier molecular flexibility index (Phi) is 3.88. The van der Waals surface area contributed by atoms with Gasteiger partial charge in [0.25, 0.3) is 0 Å². The molecule has 3 heteroatoms. The Bertz CT molecular complexity index is 782. The Hall–Kier alpha value is -2.29. The number of anilines is 1. The molecule has 3 nitrogen and oxygen atoms in total. The lowest BCUT2D eigenvalue weighted by molar-refractivity contribution is 0.525. The molecule has 1 heterocycles. The number of nitrogens with two attached hydrogens (primary N) is 1. The highest BCUT2D eigenvalue weighted by molar-refractivity contribution is 5.81. The summed E-state index contributed by atoms with van der Waals surface area (Å²) in [5.41, 5.74) is 11.2. The number of nitrogen functional groups attached to an aromatic ring is 1. The van der Waals surface area contributed by atoms with Crippen molar-refractivity contribution in [3.8, 4) is 11.4 Å². The van der Waals surface area contributed by atoms with E-state index in [1.54, 1.807) is 0 Å². The van der Waals surface area contributed by atoms with Crippen LogP contribution in [-0.2, 0) is 6.54 Å².